The third-order valence-corrected chi connectivity index (χ3v) is 2.66. The molecular weight excluding hydrogens is 220 g/mol. The average molecular weight is 238 g/mol. The summed E-state index contributed by atoms with van der Waals surface area (Å²) in [5, 5.41) is 18.1. The molecule has 0 aliphatic heterocycles. The van der Waals surface area contributed by atoms with E-state index in [-0.39, 0.29) is 11.5 Å². The maximum Gasteiger partial charge on any atom is 0.511 e. The Morgan fingerprint density at radius 1 is 1.35 bits per heavy atom. The van der Waals surface area contributed by atoms with Crippen LogP contribution in [0.3, 0.4) is 0 Å². The van der Waals surface area contributed by atoms with Gasteiger partial charge < -0.3 is 14.9 Å². The van der Waals surface area contributed by atoms with E-state index < -0.39 is 6.16 Å². The number of carboxylic acid groups (broad SMARTS) is 1. The van der Waals surface area contributed by atoms with Gasteiger partial charge in [0.15, 0.2) is 11.5 Å². The van der Waals surface area contributed by atoms with E-state index in [0.29, 0.717) is 0 Å². The van der Waals surface area contributed by atoms with Crippen molar-refractivity contribution in [1.29, 1.82) is 0 Å². The molecule has 0 amide bonds. The molecule has 0 aliphatic rings. The number of hydrogen-bond acceptors (Lipinski definition) is 3. The average Bonchev–Trinajstić information content (AvgIpc) is 2.24. The molecule has 1 aromatic rings. The van der Waals surface area contributed by atoms with Gasteiger partial charge in [-0.25, -0.2) is 4.79 Å². The number of phenolic OH excluding ortho intramolecular Hbond substituents is 1. The highest BCUT2D eigenvalue weighted by Crippen LogP contribution is 2.30. The zero-order valence-corrected chi connectivity index (χ0v) is 10.2. The molecule has 2 N–H and O–H groups in total. The summed E-state index contributed by atoms with van der Waals surface area (Å²) < 4.78 is 4.51. The number of rotatable bonds is 5. The maximum atomic E-state index is 10.4. The van der Waals surface area contributed by atoms with Gasteiger partial charge >= 0.3 is 6.16 Å². The molecule has 0 aromatic heterocycles. The van der Waals surface area contributed by atoms with E-state index in [9.17, 15) is 9.90 Å². The lowest BCUT2D eigenvalue weighted by molar-refractivity contribution is 0.143. The molecule has 0 fully saturated rings. The number of carbonyl (C=O) groups is 1. The molecule has 0 atom stereocenters. The van der Waals surface area contributed by atoms with Crippen LogP contribution >= 0.6 is 0 Å². The second-order valence-electron chi connectivity index (χ2n) is 4.07. The lowest BCUT2D eigenvalue weighted by atomic mass is 10.0. The van der Waals surface area contributed by atoms with Crippen molar-refractivity contribution in [3.05, 3.63) is 23.3 Å². The van der Waals surface area contributed by atoms with Crippen LogP contribution in [0.2, 0.25) is 0 Å². The van der Waals surface area contributed by atoms with Gasteiger partial charge in [0.1, 0.15) is 0 Å². The molecule has 0 aliphatic carbocycles. The first-order valence-electron chi connectivity index (χ1n) is 5.77. The fourth-order valence-corrected chi connectivity index (χ4v) is 1.73. The number of ether oxygens (including phenoxy) is 1. The van der Waals surface area contributed by atoms with Crippen LogP contribution in [0.4, 0.5) is 4.79 Å². The quantitative estimate of drug-likeness (QED) is 0.468. The Balaban J connectivity index is 2.85. The highest BCUT2D eigenvalue weighted by molar-refractivity contribution is 5.63. The molecule has 4 heteroatoms. The van der Waals surface area contributed by atoms with E-state index in [4.69, 9.17) is 5.11 Å². The molecule has 0 unspecified atom stereocenters. The fraction of sp³-hybridized carbons (Fsp3) is 0.462. The summed E-state index contributed by atoms with van der Waals surface area (Å²) in [5.74, 6) is -0.126. The predicted octanol–water partition coefficient (Wildman–Crippen LogP) is 3.49. The van der Waals surface area contributed by atoms with Crippen molar-refractivity contribution in [2.24, 2.45) is 0 Å². The molecule has 94 valence electrons. The Hall–Kier alpha value is -1.71. The van der Waals surface area contributed by atoms with Gasteiger partial charge in [0.05, 0.1) is 0 Å². The van der Waals surface area contributed by atoms with Gasteiger partial charge in [-0.3, -0.25) is 0 Å². The Labute approximate surface area is 101 Å². The summed E-state index contributed by atoms with van der Waals surface area (Å²) in [5.41, 5.74) is 1.98. The Kier molecular flexibility index (Phi) is 4.82. The molecule has 1 aromatic carbocycles. The smallest absolute Gasteiger partial charge is 0.504 e. The summed E-state index contributed by atoms with van der Waals surface area (Å²) in [6, 6.07) is 3.15. The van der Waals surface area contributed by atoms with Crippen LogP contribution < -0.4 is 4.74 Å². The van der Waals surface area contributed by atoms with Crippen LogP contribution in [0.25, 0.3) is 0 Å². The lowest BCUT2D eigenvalue weighted by Crippen LogP contribution is -2.04. The lowest BCUT2D eigenvalue weighted by Gasteiger charge is -2.09. The molecule has 0 spiro atoms. The van der Waals surface area contributed by atoms with Crippen LogP contribution in [0.1, 0.15) is 37.3 Å². The van der Waals surface area contributed by atoms with Gasteiger partial charge in [-0.2, -0.15) is 0 Å². The minimum absolute atomic E-state index is 0.00889. The topological polar surface area (TPSA) is 66.8 Å². The molecular formula is C13H18O4. The van der Waals surface area contributed by atoms with Gasteiger partial charge in [-0.05, 0) is 43.0 Å². The SMILES string of the molecule is CCCCCc1cc(OC(=O)O)c(O)cc1C. The van der Waals surface area contributed by atoms with Crippen LogP contribution in [0, 0.1) is 6.92 Å². The van der Waals surface area contributed by atoms with Crippen molar-refractivity contribution >= 4 is 6.16 Å². The van der Waals surface area contributed by atoms with Gasteiger partial charge in [0, 0.05) is 0 Å². The molecule has 0 radical (unpaired) electrons. The molecule has 17 heavy (non-hydrogen) atoms. The van der Waals surface area contributed by atoms with E-state index in [1.165, 1.54) is 0 Å². The van der Waals surface area contributed by atoms with Crippen molar-refractivity contribution in [1.82, 2.24) is 0 Å². The number of hydrogen-bond donors (Lipinski definition) is 2. The Morgan fingerprint density at radius 3 is 2.65 bits per heavy atom. The largest absolute Gasteiger partial charge is 0.511 e. The van der Waals surface area contributed by atoms with Crippen molar-refractivity contribution in [2.75, 3.05) is 0 Å². The number of unbranched alkanes of at least 4 members (excludes halogenated alkanes) is 2. The highest BCUT2D eigenvalue weighted by Gasteiger charge is 2.10. The molecule has 0 bridgehead atoms. The number of aryl methyl sites for hydroxylation is 2. The monoisotopic (exact) mass is 238 g/mol. The summed E-state index contributed by atoms with van der Waals surface area (Å²) in [7, 11) is 0. The van der Waals surface area contributed by atoms with Gasteiger partial charge in [-0.1, -0.05) is 19.8 Å². The van der Waals surface area contributed by atoms with Gasteiger partial charge in [0.25, 0.3) is 0 Å². The summed E-state index contributed by atoms with van der Waals surface area (Å²) in [6.07, 6.45) is 2.78. The maximum absolute atomic E-state index is 10.4. The fourth-order valence-electron chi connectivity index (χ4n) is 1.73. The minimum atomic E-state index is -1.41. The minimum Gasteiger partial charge on any atom is -0.504 e. The van der Waals surface area contributed by atoms with E-state index in [2.05, 4.69) is 11.7 Å². The van der Waals surface area contributed by atoms with Crippen molar-refractivity contribution in [3.63, 3.8) is 0 Å². The van der Waals surface area contributed by atoms with Gasteiger partial charge in [-0.15, -0.1) is 0 Å². The van der Waals surface area contributed by atoms with Crippen LogP contribution in [-0.4, -0.2) is 16.4 Å². The van der Waals surface area contributed by atoms with Gasteiger partial charge in [0.2, 0.25) is 0 Å². The van der Waals surface area contributed by atoms with Crippen LogP contribution in [0.5, 0.6) is 11.5 Å². The first-order chi connectivity index (χ1) is 8.04. The van der Waals surface area contributed by atoms with Crippen molar-refractivity contribution < 1.29 is 19.7 Å². The Bertz CT molecular complexity index is 399. The number of aromatic hydroxyl groups is 1. The zero-order chi connectivity index (χ0) is 12.8. The summed E-state index contributed by atoms with van der Waals surface area (Å²) in [6.45, 7) is 4.02. The van der Waals surface area contributed by atoms with E-state index in [0.717, 1.165) is 36.8 Å². The molecule has 1 rings (SSSR count). The van der Waals surface area contributed by atoms with Crippen LogP contribution in [0.15, 0.2) is 12.1 Å². The molecule has 0 heterocycles. The first-order valence-corrected chi connectivity index (χ1v) is 5.77. The normalized spacial score (nSPS) is 10.2. The number of phenols is 1. The molecule has 4 nitrogen and oxygen atoms in total. The standard InChI is InChI=1S/C13H18O4/c1-3-4-5-6-10-8-12(17-13(15)16)11(14)7-9(10)2/h7-8,14H,3-6H2,1-2H3,(H,15,16). The molecule has 0 saturated heterocycles. The van der Waals surface area contributed by atoms with Crippen LogP contribution in [-0.2, 0) is 6.42 Å². The number of benzene rings is 1. The Morgan fingerprint density at radius 2 is 2.06 bits per heavy atom. The zero-order valence-electron chi connectivity index (χ0n) is 10.2. The van der Waals surface area contributed by atoms with Crippen molar-refractivity contribution in [3.8, 4) is 11.5 Å². The van der Waals surface area contributed by atoms with E-state index >= 15 is 0 Å². The third kappa shape index (κ3) is 3.98. The molecule has 0 saturated carbocycles. The van der Waals surface area contributed by atoms with E-state index in [1.54, 1.807) is 12.1 Å². The second kappa shape index (κ2) is 6.13. The van der Waals surface area contributed by atoms with Crippen molar-refractivity contribution in [2.45, 2.75) is 39.5 Å². The third-order valence-electron chi connectivity index (χ3n) is 2.66. The highest BCUT2D eigenvalue weighted by atomic mass is 16.7. The summed E-state index contributed by atoms with van der Waals surface area (Å²) in [4.78, 5) is 10.4. The second-order valence-corrected chi connectivity index (χ2v) is 4.07. The van der Waals surface area contributed by atoms with E-state index in [1.807, 2.05) is 6.92 Å². The first kappa shape index (κ1) is 13.4. The predicted molar refractivity (Wildman–Crippen MR) is 64.7 cm³/mol. The summed E-state index contributed by atoms with van der Waals surface area (Å²) >= 11 is 0.